The van der Waals surface area contributed by atoms with Gasteiger partial charge in [0.05, 0.1) is 13.2 Å². The SMILES string of the molecule is CN(Cc1ccc(N2CCOCC2)cc1)c1nccn2c(C3CC3)nnc12. The van der Waals surface area contributed by atoms with Crippen LogP contribution in [0.4, 0.5) is 11.5 Å². The number of aromatic nitrogens is 4. The Kier molecular flexibility index (Phi) is 4.16. The molecule has 1 aliphatic heterocycles. The van der Waals surface area contributed by atoms with Crippen molar-refractivity contribution in [2.24, 2.45) is 0 Å². The first-order valence-corrected chi connectivity index (χ1v) is 9.62. The van der Waals surface area contributed by atoms with Gasteiger partial charge in [0.25, 0.3) is 0 Å². The van der Waals surface area contributed by atoms with Gasteiger partial charge in [0, 0.05) is 50.7 Å². The molecule has 0 N–H and O–H groups in total. The molecule has 0 spiro atoms. The first-order chi connectivity index (χ1) is 13.3. The van der Waals surface area contributed by atoms with E-state index in [2.05, 4.69) is 60.7 Å². The molecule has 7 heteroatoms. The molecule has 0 unspecified atom stereocenters. The van der Waals surface area contributed by atoms with Crippen LogP contribution in [0.1, 0.15) is 30.1 Å². The van der Waals surface area contributed by atoms with Crippen LogP contribution >= 0.6 is 0 Å². The highest BCUT2D eigenvalue weighted by Gasteiger charge is 2.29. The van der Waals surface area contributed by atoms with Crippen LogP contribution in [0.3, 0.4) is 0 Å². The van der Waals surface area contributed by atoms with Crippen LogP contribution in [0.25, 0.3) is 5.65 Å². The van der Waals surface area contributed by atoms with E-state index in [-0.39, 0.29) is 0 Å². The first kappa shape index (κ1) is 16.5. The summed E-state index contributed by atoms with van der Waals surface area (Å²) in [5, 5.41) is 8.81. The second-order valence-corrected chi connectivity index (χ2v) is 7.40. The molecular formula is C20H24N6O. The van der Waals surface area contributed by atoms with Crippen molar-refractivity contribution in [3.8, 4) is 0 Å². The average molecular weight is 364 g/mol. The molecule has 3 heterocycles. The topological polar surface area (TPSA) is 58.8 Å². The number of benzene rings is 1. The molecule has 0 amide bonds. The van der Waals surface area contributed by atoms with E-state index < -0.39 is 0 Å². The minimum absolute atomic E-state index is 0.563. The highest BCUT2D eigenvalue weighted by atomic mass is 16.5. The number of rotatable bonds is 5. The van der Waals surface area contributed by atoms with Crippen molar-refractivity contribution in [2.45, 2.75) is 25.3 Å². The zero-order chi connectivity index (χ0) is 18.2. The predicted octanol–water partition coefficient (Wildman–Crippen LogP) is 2.47. The highest BCUT2D eigenvalue weighted by molar-refractivity contribution is 5.63. The lowest BCUT2D eigenvalue weighted by Crippen LogP contribution is -2.36. The lowest BCUT2D eigenvalue weighted by molar-refractivity contribution is 0.122. The van der Waals surface area contributed by atoms with Crippen molar-refractivity contribution in [2.75, 3.05) is 43.2 Å². The summed E-state index contributed by atoms with van der Waals surface area (Å²) in [4.78, 5) is 9.08. The quantitative estimate of drug-likeness (QED) is 0.693. The summed E-state index contributed by atoms with van der Waals surface area (Å²) in [5.41, 5.74) is 3.35. The van der Waals surface area contributed by atoms with Gasteiger partial charge in [0.1, 0.15) is 5.82 Å². The summed E-state index contributed by atoms with van der Waals surface area (Å²) < 4.78 is 7.53. The Balaban J connectivity index is 1.34. The van der Waals surface area contributed by atoms with Crippen molar-refractivity contribution >= 4 is 17.2 Å². The fourth-order valence-corrected chi connectivity index (χ4v) is 3.70. The van der Waals surface area contributed by atoms with Gasteiger partial charge in [-0.25, -0.2) is 4.98 Å². The van der Waals surface area contributed by atoms with Gasteiger partial charge in [0.15, 0.2) is 5.82 Å². The summed E-state index contributed by atoms with van der Waals surface area (Å²) in [6.07, 6.45) is 6.24. The van der Waals surface area contributed by atoms with Gasteiger partial charge in [-0.15, -0.1) is 10.2 Å². The van der Waals surface area contributed by atoms with Crippen molar-refractivity contribution in [1.82, 2.24) is 19.6 Å². The van der Waals surface area contributed by atoms with E-state index in [4.69, 9.17) is 4.74 Å². The van der Waals surface area contributed by atoms with E-state index in [9.17, 15) is 0 Å². The molecule has 5 rings (SSSR count). The van der Waals surface area contributed by atoms with E-state index >= 15 is 0 Å². The summed E-state index contributed by atoms with van der Waals surface area (Å²) >= 11 is 0. The number of morpholine rings is 1. The van der Waals surface area contributed by atoms with Crippen LogP contribution in [0, 0.1) is 0 Å². The zero-order valence-corrected chi connectivity index (χ0v) is 15.6. The molecule has 2 aromatic heterocycles. The Hall–Kier alpha value is -2.67. The summed E-state index contributed by atoms with van der Waals surface area (Å²) in [6.45, 7) is 4.31. The maximum absolute atomic E-state index is 5.43. The number of ether oxygens (including phenoxy) is 1. The predicted molar refractivity (Wildman–Crippen MR) is 104 cm³/mol. The molecule has 2 fully saturated rings. The molecule has 1 saturated carbocycles. The van der Waals surface area contributed by atoms with Crippen LogP contribution in [-0.4, -0.2) is 52.9 Å². The first-order valence-electron chi connectivity index (χ1n) is 9.62. The molecule has 1 saturated heterocycles. The molecule has 1 aromatic carbocycles. The number of fused-ring (bicyclic) bond motifs is 1. The van der Waals surface area contributed by atoms with Crippen LogP contribution in [0.5, 0.6) is 0 Å². The largest absolute Gasteiger partial charge is 0.378 e. The molecule has 7 nitrogen and oxygen atoms in total. The van der Waals surface area contributed by atoms with Gasteiger partial charge in [-0.3, -0.25) is 4.40 Å². The Labute approximate surface area is 158 Å². The molecule has 0 radical (unpaired) electrons. The third-order valence-corrected chi connectivity index (χ3v) is 5.37. The normalized spacial score (nSPS) is 17.4. The standard InChI is InChI=1S/C20H24N6O/c1-24(14-15-2-6-17(7-3-15)25-10-12-27-13-11-25)19-20-23-22-18(16-4-5-16)26(20)9-8-21-19/h2-3,6-9,16H,4-5,10-14H2,1H3. The fourth-order valence-electron chi connectivity index (χ4n) is 3.70. The molecule has 2 aliphatic rings. The summed E-state index contributed by atoms with van der Waals surface area (Å²) in [6, 6.07) is 8.79. The van der Waals surface area contributed by atoms with E-state index in [0.717, 1.165) is 50.1 Å². The number of nitrogens with zero attached hydrogens (tertiary/aromatic N) is 6. The highest BCUT2D eigenvalue weighted by Crippen LogP contribution is 2.39. The van der Waals surface area contributed by atoms with Crippen LogP contribution in [-0.2, 0) is 11.3 Å². The minimum atomic E-state index is 0.563. The monoisotopic (exact) mass is 364 g/mol. The van der Waals surface area contributed by atoms with E-state index in [1.54, 1.807) is 0 Å². The fraction of sp³-hybridized carbons (Fsp3) is 0.450. The molecule has 140 valence electrons. The Morgan fingerprint density at radius 3 is 2.63 bits per heavy atom. The number of hydrogen-bond donors (Lipinski definition) is 0. The van der Waals surface area contributed by atoms with Gasteiger partial charge >= 0.3 is 0 Å². The average Bonchev–Trinajstić information content (AvgIpc) is 3.47. The van der Waals surface area contributed by atoms with Crippen molar-refractivity contribution in [3.63, 3.8) is 0 Å². The molecular weight excluding hydrogens is 340 g/mol. The lowest BCUT2D eigenvalue weighted by Gasteiger charge is -2.29. The summed E-state index contributed by atoms with van der Waals surface area (Å²) in [7, 11) is 2.06. The van der Waals surface area contributed by atoms with Crippen molar-refractivity contribution in [3.05, 3.63) is 48.0 Å². The van der Waals surface area contributed by atoms with Gasteiger partial charge in [-0.2, -0.15) is 0 Å². The van der Waals surface area contributed by atoms with Crippen LogP contribution in [0.2, 0.25) is 0 Å². The maximum Gasteiger partial charge on any atom is 0.203 e. The third kappa shape index (κ3) is 3.23. The maximum atomic E-state index is 5.43. The smallest absolute Gasteiger partial charge is 0.203 e. The lowest BCUT2D eigenvalue weighted by atomic mass is 10.2. The van der Waals surface area contributed by atoms with Gasteiger partial charge in [-0.1, -0.05) is 12.1 Å². The Morgan fingerprint density at radius 1 is 1.11 bits per heavy atom. The van der Waals surface area contributed by atoms with E-state index in [1.165, 1.54) is 24.1 Å². The molecule has 0 atom stereocenters. The van der Waals surface area contributed by atoms with Gasteiger partial charge in [-0.05, 0) is 30.5 Å². The third-order valence-electron chi connectivity index (χ3n) is 5.37. The second-order valence-electron chi connectivity index (χ2n) is 7.40. The Bertz CT molecular complexity index is 927. The van der Waals surface area contributed by atoms with Crippen molar-refractivity contribution in [1.29, 1.82) is 0 Å². The van der Waals surface area contributed by atoms with Crippen molar-refractivity contribution < 1.29 is 4.74 Å². The molecule has 0 bridgehead atoms. The number of hydrogen-bond acceptors (Lipinski definition) is 6. The molecule has 27 heavy (non-hydrogen) atoms. The summed E-state index contributed by atoms with van der Waals surface area (Å²) in [5.74, 6) is 2.50. The number of anilines is 2. The molecule has 3 aromatic rings. The van der Waals surface area contributed by atoms with E-state index in [1.807, 2.05) is 12.4 Å². The van der Waals surface area contributed by atoms with Crippen LogP contribution in [0.15, 0.2) is 36.7 Å². The zero-order valence-electron chi connectivity index (χ0n) is 15.6. The molecule has 1 aliphatic carbocycles. The minimum Gasteiger partial charge on any atom is -0.378 e. The van der Waals surface area contributed by atoms with Gasteiger partial charge in [0.2, 0.25) is 5.65 Å². The van der Waals surface area contributed by atoms with Gasteiger partial charge < -0.3 is 14.5 Å². The second kappa shape index (κ2) is 6.81. The Morgan fingerprint density at radius 2 is 1.89 bits per heavy atom. The van der Waals surface area contributed by atoms with E-state index in [0.29, 0.717) is 5.92 Å². The van der Waals surface area contributed by atoms with Crippen LogP contribution < -0.4 is 9.80 Å².